The third-order valence-corrected chi connectivity index (χ3v) is 6.26. The summed E-state index contributed by atoms with van der Waals surface area (Å²) in [4.78, 5) is 8.07. The predicted molar refractivity (Wildman–Crippen MR) is 106 cm³/mol. The highest BCUT2D eigenvalue weighted by Crippen LogP contribution is 2.48. The van der Waals surface area contributed by atoms with Gasteiger partial charge in [-0.3, -0.25) is 4.90 Å². The maximum absolute atomic E-state index is 10.9. The smallest absolute Gasteiger partial charge is 0.230 e. The van der Waals surface area contributed by atoms with E-state index in [-0.39, 0.29) is 11.9 Å². The molecule has 1 saturated heterocycles. The van der Waals surface area contributed by atoms with E-state index in [0.29, 0.717) is 22.2 Å². The minimum Gasteiger partial charge on any atom is -0.493 e. The van der Waals surface area contributed by atoms with Gasteiger partial charge >= 0.3 is 0 Å². The summed E-state index contributed by atoms with van der Waals surface area (Å²) in [5.41, 5.74) is 0.918. The van der Waals surface area contributed by atoms with Gasteiger partial charge in [0, 0.05) is 5.56 Å². The summed E-state index contributed by atoms with van der Waals surface area (Å²) in [6.45, 7) is 1.88. The van der Waals surface area contributed by atoms with Gasteiger partial charge in [0.25, 0.3) is 0 Å². The van der Waals surface area contributed by atoms with Crippen LogP contribution >= 0.6 is 11.3 Å². The largest absolute Gasteiger partial charge is 0.493 e. The van der Waals surface area contributed by atoms with E-state index < -0.39 is 0 Å². The Kier molecular flexibility index (Phi) is 5.27. The molecule has 150 valence electrons. The molecule has 1 N–H and O–H groups in total. The molecule has 3 heterocycles. The van der Waals surface area contributed by atoms with E-state index in [0.717, 1.165) is 36.4 Å². The van der Waals surface area contributed by atoms with Gasteiger partial charge in [0.2, 0.25) is 16.6 Å². The number of rotatable bonds is 6. The maximum Gasteiger partial charge on any atom is 0.230 e. The second kappa shape index (κ2) is 7.84. The van der Waals surface area contributed by atoms with Crippen molar-refractivity contribution in [1.29, 1.82) is 0 Å². The van der Waals surface area contributed by atoms with Crippen LogP contribution in [0, 0.1) is 0 Å². The molecule has 0 amide bonds. The normalized spacial score (nSPS) is 16.2. The Labute approximate surface area is 167 Å². The molecule has 0 spiro atoms. The van der Waals surface area contributed by atoms with Crippen LogP contribution in [-0.4, -0.2) is 59.0 Å². The fraction of sp³-hybridized carbons (Fsp3) is 0.474. The number of aromatic nitrogens is 3. The molecule has 0 aliphatic carbocycles. The first-order chi connectivity index (χ1) is 13.7. The van der Waals surface area contributed by atoms with Gasteiger partial charge in [-0.25, -0.2) is 4.98 Å². The van der Waals surface area contributed by atoms with Crippen molar-refractivity contribution in [3.05, 3.63) is 28.9 Å². The van der Waals surface area contributed by atoms with E-state index in [2.05, 4.69) is 15.0 Å². The van der Waals surface area contributed by atoms with E-state index in [1.165, 1.54) is 28.6 Å². The van der Waals surface area contributed by atoms with Crippen molar-refractivity contribution in [2.45, 2.75) is 25.3 Å². The van der Waals surface area contributed by atoms with E-state index >= 15 is 0 Å². The number of hydrogen-bond acceptors (Lipinski definition) is 8. The number of fused-ring (bicyclic) bond motifs is 1. The molecule has 0 radical (unpaired) electrons. The van der Waals surface area contributed by atoms with Gasteiger partial charge in [-0.15, -0.1) is 0 Å². The molecule has 2 aromatic heterocycles. The van der Waals surface area contributed by atoms with Crippen molar-refractivity contribution in [3.63, 3.8) is 0 Å². The minimum atomic E-state index is -0.191. The predicted octanol–water partition coefficient (Wildman–Crippen LogP) is 3.10. The fourth-order valence-corrected chi connectivity index (χ4v) is 4.97. The molecule has 1 aliphatic heterocycles. The monoisotopic (exact) mass is 404 g/mol. The number of hydrogen-bond donors (Lipinski definition) is 1. The third-order valence-electron chi connectivity index (χ3n) is 5.17. The molecule has 0 unspecified atom stereocenters. The van der Waals surface area contributed by atoms with Crippen LogP contribution in [0.3, 0.4) is 0 Å². The SMILES string of the molecule is COc1ccc([C@H](c2sc3ncnn3c2O)N2CCCCC2)c(OC)c1OC. The molecule has 8 nitrogen and oxygen atoms in total. The summed E-state index contributed by atoms with van der Waals surface area (Å²) in [5, 5.41) is 15.0. The quantitative estimate of drug-likeness (QED) is 0.676. The van der Waals surface area contributed by atoms with E-state index in [1.54, 1.807) is 21.3 Å². The molecule has 1 aliphatic rings. The average Bonchev–Trinajstić information content (AvgIpc) is 3.32. The third kappa shape index (κ3) is 3.04. The van der Waals surface area contributed by atoms with E-state index in [9.17, 15) is 5.11 Å². The van der Waals surface area contributed by atoms with Crippen LogP contribution in [0.4, 0.5) is 0 Å². The van der Waals surface area contributed by atoms with Gasteiger partial charge in [0.1, 0.15) is 6.33 Å². The molecular formula is C19H24N4O4S. The Hall–Kier alpha value is -2.52. The molecule has 3 aromatic rings. The lowest BCUT2D eigenvalue weighted by molar-refractivity contribution is 0.183. The maximum atomic E-state index is 10.9. The van der Waals surface area contributed by atoms with Crippen molar-refractivity contribution in [2.24, 2.45) is 0 Å². The van der Waals surface area contributed by atoms with Crippen LogP contribution in [0.5, 0.6) is 23.1 Å². The number of thiazole rings is 1. The molecule has 28 heavy (non-hydrogen) atoms. The second-order valence-corrected chi connectivity index (χ2v) is 7.68. The zero-order chi connectivity index (χ0) is 19.7. The highest BCUT2D eigenvalue weighted by molar-refractivity contribution is 7.17. The van der Waals surface area contributed by atoms with Gasteiger partial charge in [0.15, 0.2) is 11.5 Å². The van der Waals surface area contributed by atoms with Crippen LogP contribution in [0.2, 0.25) is 0 Å². The molecule has 1 fully saturated rings. The van der Waals surface area contributed by atoms with Crippen LogP contribution in [-0.2, 0) is 0 Å². The van der Waals surface area contributed by atoms with Gasteiger partial charge in [0.05, 0.1) is 32.2 Å². The molecule has 4 rings (SSSR count). The summed E-state index contributed by atoms with van der Waals surface area (Å²) in [6.07, 6.45) is 4.90. The summed E-state index contributed by atoms with van der Waals surface area (Å²) >= 11 is 1.44. The highest BCUT2D eigenvalue weighted by atomic mass is 32.1. The molecule has 0 saturated carbocycles. The van der Waals surface area contributed by atoms with Gasteiger partial charge in [-0.2, -0.15) is 9.61 Å². The zero-order valence-electron chi connectivity index (χ0n) is 16.2. The van der Waals surface area contributed by atoms with Gasteiger partial charge < -0.3 is 19.3 Å². The summed E-state index contributed by atoms with van der Waals surface area (Å²) in [5.74, 6) is 1.87. The van der Waals surface area contributed by atoms with Crippen molar-refractivity contribution in [1.82, 2.24) is 19.5 Å². The van der Waals surface area contributed by atoms with Crippen LogP contribution in [0.15, 0.2) is 18.5 Å². The average molecular weight is 404 g/mol. The Balaban J connectivity index is 1.91. The van der Waals surface area contributed by atoms with Gasteiger partial charge in [-0.05, 0) is 38.1 Å². The number of piperidine rings is 1. The lowest BCUT2D eigenvalue weighted by Crippen LogP contribution is -2.34. The van der Waals surface area contributed by atoms with Crippen molar-refractivity contribution in [3.8, 4) is 23.1 Å². The van der Waals surface area contributed by atoms with Crippen LogP contribution in [0.25, 0.3) is 4.96 Å². The molecule has 1 aromatic carbocycles. The minimum absolute atomic E-state index is 0.116. The van der Waals surface area contributed by atoms with Crippen molar-refractivity contribution in [2.75, 3.05) is 34.4 Å². The number of likely N-dealkylation sites (tertiary alicyclic amines) is 1. The Morgan fingerprint density at radius 2 is 1.79 bits per heavy atom. The molecular weight excluding hydrogens is 380 g/mol. The first-order valence-electron chi connectivity index (χ1n) is 9.23. The lowest BCUT2D eigenvalue weighted by atomic mass is 9.98. The number of benzene rings is 1. The summed E-state index contributed by atoms with van der Waals surface area (Å²) in [7, 11) is 4.82. The topological polar surface area (TPSA) is 81.4 Å². The van der Waals surface area contributed by atoms with Crippen molar-refractivity contribution >= 4 is 16.3 Å². The first kappa shape index (κ1) is 18.8. The van der Waals surface area contributed by atoms with E-state index in [1.807, 2.05) is 12.1 Å². The summed E-state index contributed by atoms with van der Waals surface area (Å²) in [6, 6.07) is 3.67. The number of ether oxygens (including phenoxy) is 3. The molecule has 9 heteroatoms. The lowest BCUT2D eigenvalue weighted by Gasteiger charge is -2.35. The van der Waals surface area contributed by atoms with Gasteiger partial charge in [-0.1, -0.05) is 17.8 Å². The molecule has 0 bridgehead atoms. The second-order valence-electron chi connectivity index (χ2n) is 6.67. The van der Waals surface area contributed by atoms with E-state index in [4.69, 9.17) is 14.2 Å². The number of methoxy groups -OCH3 is 3. The zero-order valence-corrected chi connectivity index (χ0v) is 17.0. The first-order valence-corrected chi connectivity index (χ1v) is 10.1. The van der Waals surface area contributed by atoms with Crippen molar-refractivity contribution < 1.29 is 19.3 Å². The fourth-order valence-electron chi connectivity index (χ4n) is 3.89. The summed E-state index contributed by atoms with van der Waals surface area (Å²) < 4.78 is 18.3. The van der Waals surface area contributed by atoms with Crippen LogP contribution in [0.1, 0.15) is 35.7 Å². The number of aromatic hydroxyl groups is 1. The standard InChI is InChI=1S/C19H24N4O4S/c1-25-13-8-7-12(15(26-2)16(13)27-3)14(22-9-5-4-6-10-22)17-18(24)23-19(28-17)20-11-21-23/h7-8,11,14,24H,4-6,9-10H2,1-3H3/t14-/m1/s1. The Bertz CT molecular complexity index is 964. The Morgan fingerprint density at radius 3 is 2.43 bits per heavy atom. The number of nitrogens with zero attached hydrogens (tertiary/aromatic N) is 4. The highest BCUT2D eigenvalue weighted by Gasteiger charge is 2.33. The Morgan fingerprint density at radius 1 is 1.04 bits per heavy atom. The molecule has 1 atom stereocenters. The van der Waals surface area contributed by atoms with Crippen LogP contribution < -0.4 is 14.2 Å².